The van der Waals surface area contributed by atoms with Crippen LogP contribution < -0.4 is 11.1 Å². The third kappa shape index (κ3) is 4.67. The quantitative estimate of drug-likeness (QED) is 0.644. The van der Waals surface area contributed by atoms with Crippen molar-refractivity contribution in [3.8, 4) is 0 Å². The molecule has 0 saturated carbocycles. The summed E-state index contributed by atoms with van der Waals surface area (Å²) in [7, 11) is 0. The average Bonchev–Trinajstić information content (AvgIpc) is 3.27. The van der Waals surface area contributed by atoms with Crippen LogP contribution in [0, 0.1) is 5.92 Å². The highest BCUT2D eigenvalue weighted by atomic mass is 32.1. The molecule has 3 rings (SSSR count). The summed E-state index contributed by atoms with van der Waals surface area (Å²) in [6.45, 7) is 3.60. The third-order valence-corrected chi connectivity index (χ3v) is 6.60. The van der Waals surface area contributed by atoms with Gasteiger partial charge in [-0.1, -0.05) is 50.6 Å². The molecule has 0 aliphatic heterocycles. The summed E-state index contributed by atoms with van der Waals surface area (Å²) >= 11 is 1.38. The number of nitrogens with one attached hydrogen (secondary N) is 1. The molecule has 0 radical (unpaired) electrons. The molecule has 0 saturated heterocycles. The Balaban J connectivity index is 1.66. The van der Waals surface area contributed by atoms with E-state index in [-0.39, 0.29) is 5.92 Å². The summed E-state index contributed by atoms with van der Waals surface area (Å²) in [6, 6.07) is 9.44. The van der Waals surface area contributed by atoms with Crippen molar-refractivity contribution < 1.29 is 19.1 Å². The van der Waals surface area contributed by atoms with Gasteiger partial charge in [0.2, 0.25) is 0 Å². The van der Waals surface area contributed by atoms with Crippen LogP contribution in [-0.4, -0.2) is 24.4 Å². The van der Waals surface area contributed by atoms with Crippen molar-refractivity contribution in [3.05, 3.63) is 51.9 Å². The van der Waals surface area contributed by atoms with E-state index in [1.165, 1.54) is 11.3 Å². The van der Waals surface area contributed by atoms with Gasteiger partial charge in [-0.05, 0) is 36.3 Å². The molecule has 7 heteroatoms. The van der Waals surface area contributed by atoms with Gasteiger partial charge >= 0.3 is 5.97 Å². The molecule has 0 bridgehead atoms. The van der Waals surface area contributed by atoms with Gasteiger partial charge in [0.05, 0.1) is 11.5 Å². The minimum absolute atomic E-state index is 0.0784. The first-order valence-electron chi connectivity index (χ1n) is 9.88. The first kappa shape index (κ1) is 21.0. The van der Waals surface area contributed by atoms with Crippen molar-refractivity contribution in [1.82, 2.24) is 0 Å². The molecule has 0 spiro atoms. The summed E-state index contributed by atoms with van der Waals surface area (Å²) in [5.74, 6) is -1.80. The molecule has 6 nitrogen and oxygen atoms in total. The van der Waals surface area contributed by atoms with Crippen LogP contribution in [0.5, 0.6) is 0 Å². The molecule has 1 aliphatic rings. The third-order valence-electron chi connectivity index (χ3n) is 5.39. The van der Waals surface area contributed by atoms with Crippen LogP contribution in [0.15, 0.2) is 30.3 Å². The number of thiophene rings is 1. The van der Waals surface area contributed by atoms with Gasteiger partial charge < -0.3 is 15.8 Å². The molecule has 3 N–H and O–H groups in total. The highest BCUT2D eigenvalue weighted by molar-refractivity contribution is 7.17. The van der Waals surface area contributed by atoms with Crippen LogP contribution >= 0.6 is 11.3 Å². The fourth-order valence-corrected chi connectivity index (χ4v) is 5.05. The molecule has 1 aromatic carbocycles. The van der Waals surface area contributed by atoms with Crippen molar-refractivity contribution in [2.45, 2.75) is 45.4 Å². The summed E-state index contributed by atoms with van der Waals surface area (Å²) in [5, 5.41) is 3.15. The van der Waals surface area contributed by atoms with Crippen LogP contribution in [0.25, 0.3) is 0 Å². The van der Waals surface area contributed by atoms with E-state index in [4.69, 9.17) is 10.5 Å². The number of fused-ring (bicyclic) bond motifs is 1. The Hall–Kier alpha value is -2.67. The lowest BCUT2D eigenvalue weighted by atomic mass is 9.86. The Morgan fingerprint density at radius 2 is 1.93 bits per heavy atom. The van der Waals surface area contributed by atoms with E-state index in [1.54, 1.807) is 0 Å². The number of aryl methyl sites for hydroxylation is 1. The zero-order valence-electron chi connectivity index (χ0n) is 16.7. The van der Waals surface area contributed by atoms with Crippen molar-refractivity contribution in [3.63, 3.8) is 0 Å². The fraction of sp³-hybridized carbons (Fsp3) is 0.409. The Morgan fingerprint density at radius 1 is 1.21 bits per heavy atom. The van der Waals surface area contributed by atoms with Crippen molar-refractivity contribution in [1.29, 1.82) is 0 Å². The van der Waals surface area contributed by atoms with Crippen LogP contribution in [0.4, 0.5) is 5.00 Å². The van der Waals surface area contributed by atoms with Gasteiger partial charge in [0.15, 0.2) is 6.61 Å². The van der Waals surface area contributed by atoms with E-state index in [1.807, 2.05) is 44.2 Å². The lowest BCUT2D eigenvalue weighted by Crippen LogP contribution is -2.27. The standard InChI is InChI=1S/C22H26N2O4S/c1-3-13(2)18(14-8-5-4-6-9-14)22(27)28-12-17(25)24-21-19(20(23)26)15-10-7-11-16(15)29-21/h4-6,8-9,13,18H,3,7,10-12H2,1-2H3,(H2,23,26)(H,24,25)/t13-,18+/m0/s1. The van der Waals surface area contributed by atoms with Crippen LogP contribution in [0.1, 0.15) is 59.0 Å². The second-order valence-electron chi connectivity index (χ2n) is 7.36. The van der Waals surface area contributed by atoms with Crippen LogP contribution in [0.2, 0.25) is 0 Å². The summed E-state index contributed by atoms with van der Waals surface area (Å²) in [5.41, 5.74) is 7.72. The monoisotopic (exact) mass is 414 g/mol. The van der Waals surface area contributed by atoms with Crippen molar-refractivity contribution in [2.75, 3.05) is 11.9 Å². The molecule has 2 aromatic rings. The highest BCUT2D eigenvalue weighted by Crippen LogP contribution is 2.38. The number of primary amides is 1. The number of nitrogens with two attached hydrogens (primary N) is 1. The van der Waals surface area contributed by atoms with Gasteiger partial charge in [0, 0.05) is 4.88 Å². The van der Waals surface area contributed by atoms with Gasteiger partial charge in [0.1, 0.15) is 5.00 Å². The molecule has 2 amide bonds. The molecular weight excluding hydrogens is 388 g/mol. The largest absolute Gasteiger partial charge is 0.455 e. The van der Waals surface area contributed by atoms with Crippen LogP contribution in [0.3, 0.4) is 0 Å². The maximum absolute atomic E-state index is 12.7. The summed E-state index contributed by atoms with van der Waals surface area (Å²) in [4.78, 5) is 38.0. The lowest BCUT2D eigenvalue weighted by Gasteiger charge is -2.21. The topological polar surface area (TPSA) is 98.5 Å². The molecule has 2 atom stereocenters. The second kappa shape index (κ2) is 9.22. The van der Waals surface area contributed by atoms with Gasteiger partial charge in [-0.2, -0.15) is 0 Å². The number of esters is 1. The molecule has 29 heavy (non-hydrogen) atoms. The maximum atomic E-state index is 12.7. The Labute approximate surface area is 174 Å². The molecule has 0 unspecified atom stereocenters. The Kier molecular flexibility index (Phi) is 6.69. The molecule has 1 heterocycles. The second-order valence-corrected chi connectivity index (χ2v) is 8.46. The first-order valence-corrected chi connectivity index (χ1v) is 10.7. The maximum Gasteiger partial charge on any atom is 0.314 e. The molecule has 154 valence electrons. The van der Waals surface area contributed by atoms with E-state index in [9.17, 15) is 14.4 Å². The van der Waals surface area contributed by atoms with E-state index >= 15 is 0 Å². The zero-order chi connectivity index (χ0) is 21.0. The van der Waals surface area contributed by atoms with E-state index < -0.39 is 30.3 Å². The number of benzene rings is 1. The normalized spacial score (nSPS) is 14.7. The van der Waals surface area contributed by atoms with Crippen LogP contribution in [-0.2, 0) is 27.2 Å². The first-order chi connectivity index (χ1) is 13.9. The lowest BCUT2D eigenvalue weighted by molar-refractivity contribution is -0.150. The predicted molar refractivity (Wildman–Crippen MR) is 113 cm³/mol. The Bertz CT molecular complexity index is 907. The predicted octanol–water partition coefficient (Wildman–Crippen LogP) is 3.65. The number of carbonyl (C=O) groups is 3. The Morgan fingerprint density at radius 3 is 2.59 bits per heavy atom. The minimum atomic E-state index is -0.544. The number of ether oxygens (including phenoxy) is 1. The van der Waals surface area contributed by atoms with Gasteiger partial charge in [0.25, 0.3) is 11.8 Å². The van der Waals surface area contributed by atoms with E-state index in [0.717, 1.165) is 41.7 Å². The summed E-state index contributed by atoms with van der Waals surface area (Å²) < 4.78 is 5.33. The fourth-order valence-electron chi connectivity index (χ4n) is 3.74. The minimum Gasteiger partial charge on any atom is -0.455 e. The number of carbonyl (C=O) groups excluding carboxylic acids is 3. The number of hydrogen-bond donors (Lipinski definition) is 2. The molecule has 1 aliphatic carbocycles. The van der Waals surface area contributed by atoms with Crippen molar-refractivity contribution >= 4 is 34.1 Å². The number of hydrogen-bond acceptors (Lipinski definition) is 5. The number of amides is 2. The number of anilines is 1. The molecule has 0 fully saturated rings. The van der Waals surface area contributed by atoms with E-state index in [0.29, 0.717) is 10.6 Å². The van der Waals surface area contributed by atoms with E-state index in [2.05, 4.69) is 5.32 Å². The smallest absolute Gasteiger partial charge is 0.314 e. The van der Waals surface area contributed by atoms with Gasteiger partial charge in [-0.15, -0.1) is 11.3 Å². The zero-order valence-corrected chi connectivity index (χ0v) is 17.5. The van der Waals surface area contributed by atoms with Gasteiger partial charge in [-0.3, -0.25) is 14.4 Å². The van der Waals surface area contributed by atoms with Crippen molar-refractivity contribution in [2.24, 2.45) is 11.7 Å². The number of rotatable bonds is 8. The molecule has 1 aromatic heterocycles. The van der Waals surface area contributed by atoms with Gasteiger partial charge in [-0.25, -0.2) is 0 Å². The summed E-state index contributed by atoms with van der Waals surface area (Å²) in [6.07, 6.45) is 3.48. The average molecular weight is 415 g/mol. The SMILES string of the molecule is CC[C@H](C)[C@@H](C(=O)OCC(=O)Nc1sc2c(c1C(N)=O)CCC2)c1ccccc1. The molecular formula is C22H26N2O4S. The highest BCUT2D eigenvalue weighted by Gasteiger charge is 2.29.